The molecule has 0 aliphatic rings. The van der Waals surface area contributed by atoms with E-state index in [4.69, 9.17) is 9.15 Å². The smallest absolute Gasteiger partial charge is 0.416 e. The predicted molar refractivity (Wildman–Crippen MR) is 113 cm³/mol. The molecule has 2 rings (SSSR count). The number of ether oxygens (including phenoxy) is 1. The van der Waals surface area contributed by atoms with E-state index < -0.39 is 11.7 Å². The molecule has 0 bridgehead atoms. The molecule has 0 aliphatic heterocycles. The number of nitrogens with zero attached hydrogens (tertiary/aromatic N) is 1. The Balaban J connectivity index is 0.00000392. The number of nitrogens with one attached hydrogen (secondary N) is 2. The standard InChI is InChI=1S/C19H24F3N3O2.HI/c1-2-23-18(24-10-4-11-26-14-17-5-3-12-27-17)25-13-15-6-8-16(9-7-15)19(20,21)22;/h3,5-9,12H,2,4,10-11,13-14H2,1H3,(H2,23,24,25);1H. The lowest BCUT2D eigenvalue weighted by Gasteiger charge is -2.11. The summed E-state index contributed by atoms with van der Waals surface area (Å²) in [7, 11) is 0. The molecule has 0 fully saturated rings. The molecular weight excluding hydrogens is 486 g/mol. The van der Waals surface area contributed by atoms with Gasteiger partial charge in [-0.1, -0.05) is 12.1 Å². The Hall–Kier alpha value is -1.75. The van der Waals surface area contributed by atoms with Gasteiger partial charge in [0.1, 0.15) is 12.4 Å². The van der Waals surface area contributed by atoms with E-state index in [0.29, 0.717) is 44.4 Å². The monoisotopic (exact) mass is 511 g/mol. The summed E-state index contributed by atoms with van der Waals surface area (Å²) in [5.41, 5.74) is 0.0526. The molecule has 0 radical (unpaired) electrons. The fourth-order valence-corrected chi connectivity index (χ4v) is 2.26. The molecule has 0 saturated carbocycles. The summed E-state index contributed by atoms with van der Waals surface area (Å²) in [5, 5.41) is 6.28. The number of hydrogen-bond donors (Lipinski definition) is 2. The van der Waals surface area contributed by atoms with Gasteiger partial charge in [0.2, 0.25) is 0 Å². The average molecular weight is 511 g/mol. The molecule has 1 heterocycles. The second-order valence-electron chi connectivity index (χ2n) is 5.80. The van der Waals surface area contributed by atoms with Crippen LogP contribution in [-0.4, -0.2) is 25.7 Å². The van der Waals surface area contributed by atoms with Crippen molar-refractivity contribution in [3.8, 4) is 0 Å². The van der Waals surface area contributed by atoms with Crippen molar-refractivity contribution in [2.24, 2.45) is 4.99 Å². The zero-order chi connectivity index (χ0) is 19.5. The molecular formula is C19H25F3IN3O2. The van der Waals surface area contributed by atoms with Gasteiger partial charge < -0.3 is 19.8 Å². The van der Waals surface area contributed by atoms with Crippen LogP contribution in [0, 0.1) is 0 Å². The molecule has 0 atom stereocenters. The maximum Gasteiger partial charge on any atom is 0.416 e. The van der Waals surface area contributed by atoms with Crippen molar-refractivity contribution in [3.63, 3.8) is 0 Å². The van der Waals surface area contributed by atoms with E-state index in [2.05, 4.69) is 15.6 Å². The van der Waals surface area contributed by atoms with Crippen LogP contribution in [0.25, 0.3) is 0 Å². The number of hydrogen-bond acceptors (Lipinski definition) is 3. The number of guanidine groups is 1. The van der Waals surface area contributed by atoms with Crippen LogP contribution < -0.4 is 10.6 Å². The lowest BCUT2D eigenvalue weighted by molar-refractivity contribution is -0.137. The summed E-state index contributed by atoms with van der Waals surface area (Å²) in [6.07, 6.45) is -1.93. The van der Waals surface area contributed by atoms with Crippen LogP contribution in [0.15, 0.2) is 52.1 Å². The van der Waals surface area contributed by atoms with Crippen LogP contribution in [0.5, 0.6) is 0 Å². The number of aliphatic imine (C=N–C) groups is 1. The Morgan fingerprint density at radius 1 is 1.14 bits per heavy atom. The molecule has 5 nitrogen and oxygen atoms in total. The van der Waals surface area contributed by atoms with Crippen LogP contribution in [0.4, 0.5) is 13.2 Å². The second-order valence-corrected chi connectivity index (χ2v) is 5.80. The van der Waals surface area contributed by atoms with Gasteiger partial charge in [-0.05, 0) is 43.2 Å². The predicted octanol–water partition coefficient (Wildman–Crippen LogP) is 4.58. The summed E-state index contributed by atoms with van der Waals surface area (Å²) in [5.74, 6) is 1.40. The number of alkyl halides is 3. The molecule has 9 heteroatoms. The third-order valence-electron chi connectivity index (χ3n) is 3.63. The Morgan fingerprint density at radius 2 is 1.89 bits per heavy atom. The SMILES string of the molecule is CCNC(=NCc1ccc(C(F)(F)F)cc1)NCCCOCc1ccco1.I. The highest BCUT2D eigenvalue weighted by Gasteiger charge is 2.29. The van der Waals surface area contributed by atoms with Crippen molar-refractivity contribution in [1.82, 2.24) is 10.6 Å². The van der Waals surface area contributed by atoms with Crippen LogP contribution in [0.2, 0.25) is 0 Å². The first kappa shape index (κ1) is 24.3. The van der Waals surface area contributed by atoms with Gasteiger partial charge in [-0.15, -0.1) is 24.0 Å². The molecule has 2 N–H and O–H groups in total. The average Bonchev–Trinajstić information content (AvgIpc) is 3.15. The van der Waals surface area contributed by atoms with Crippen molar-refractivity contribution in [1.29, 1.82) is 0 Å². The Morgan fingerprint density at radius 3 is 2.50 bits per heavy atom. The first-order valence-corrected chi connectivity index (χ1v) is 8.77. The summed E-state index contributed by atoms with van der Waals surface area (Å²) in [6, 6.07) is 8.70. The fraction of sp³-hybridized carbons (Fsp3) is 0.421. The molecule has 1 aromatic carbocycles. The third-order valence-corrected chi connectivity index (χ3v) is 3.63. The topological polar surface area (TPSA) is 58.8 Å². The van der Waals surface area contributed by atoms with Crippen molar-refractivity contribution in [2.45, 2.75) is 32.7 Å². The van der Waals surface area contributed by atoms with Gasteiger partial charge in [-0.3, -0.25) is 0 Å². The van der Waals surface area contributed by atoms with E-state index in [9.17, 15) is 13.2 Å². The van der Waals surface area contributed by atoms with E-state index >= 15 is 0 Å². The van der Waals surface area contributed by atoms with Crippen LogP contribution in [0.1, 0.15) is 30.2 Å². The summed E-state index contributed by atoms with van der Waals surface area (Å²) in [4.78, 5) is 4.39. The molecule has 28 heavy (non-hydrogen) atoms. The number of halogens is 4. The number of benzene rings is 1. The maximum atomic E-state index is 12.6. The highest BCUT2D eigenvalue weighted by atomic mass is 127. The van der Waals surface area contributed by atoms with Crippen LogP contribution >= 0.6 is 24.0 Å². The van der Waals surface area contributed by atoms with Gasteiger partial charge in [-0.2, -0.15) is 13.2 Å². The number of rotatable bonds is 9. The van der Waals surface area contributed by atoms with Crippen molar-refractivity contribution >= 4 is 29.9 Å². The third kappa shape index (κ3) is 8.96. The lowest BCUT2D eigenvalue weighted by Crippen LogP contribution is -2.38. The molecule has 0 amide bonds. The van der Waals surface area contributed by atoms with Gasteiger partial charge in [-0.25, -0.2) is 4.99 Å². The van der Waals surface area contributed by atoms with E-state index in [1.165, 1.54) is 12.1 Å². The minimum Gasteiger partial charge on any atom is -0.467 e. The maximum absolute atomic E-state index is 12.6. The van der Waals surface area contributed by atoms with Crippen LogP contribution in [-0.2, 0) is 24.1 Å². The van der Waals surface area contributed by atoms with Crippen molar-refractivity contribution in [2.75, 3.05) is 19.7 Å². The van der Waals surface area contributed by atoms with E-state index in [0.717, 1.165) is 24.3 Å². The summed E-state index contributed by atoms with van der Waals surface area (Å²) >= 11 is 0. The molecule has 0 saturated heterocycles. The highest BCUT2D eigenvalue weighted by molar-refractivity contribution is 14.0. The van der Waals surface area contributed by atoms with E-state index in [1.807, 2.05) is 19.1 Å². The minimum atomic E-state index is -4.32. The summed E-state index contributed by atoms with van der Waals surface area (Å²) in [6.45, 7) is 4.61. The lowest BCUT2D eigenvalue weighted by atomic mass is 10.1. The Kier molecular flexibility index (Phi) is 11.0. The zero-order valence-electron chi connectivity index (χ0n) is 15.6. The van der Waals surface area contributed by atoms with Gasteiger partial charge in [0.25, 0.3) is 0 Å². The van der Waals surface area contributed by atoms with Crippen molar-refractivity contribution < 1.29 is 22.3 Å². The quantitative estimate of drug-likeness (QED) is 0.224. The normalized spacial score (nSPS) is 11.8. The van der Waals surface area contributed by atoms with E-state index in [-0.39, 0.29) is 24.0 Å². The summed E-state index contributed by atoms with van der Waals surface area (Å²) < 4.78 is 48.4. The first-order valence-electron chi connectivity index (χ1n) is 8.77. The van der Waals surface area contributed by atoms with E-state index in [1.54, 1.807) is 6.26 Å². The Bertz CT molecular complexity index is 689. The second kappa shape index (κ2) is 12.7. The number of furan rings is 1. The fourth-order valence-electron chi connectivity index (χ4n) is 2.26. The molecule has 0 spiro atoms. The van der Waals surface area contributed by atoms with Crippen LogP contribution in [0.3, 0.4) is 0 Å². The molecule has 0 aliphatic carbocycles. The molecule has 1 aromatic heterocycles. The van der Waals surface area contributed by atoms with Gasteiger partial charge >= 0.3 is 6.18 Å². The molecule has 156 valence electrons. The van der Waals surface area contributed by atoms with Gasteiger partial charge in [0.15, 0.2) is 5.96 Å². The van der Waals surface area contributed by atoms with Crippen molar-refractivity contribution in [3.05, 3.63) is 59.5 Å². The largest absolute Gasteiger partial charge is 0.467 e. The molecule has 2 aromatic rings. The highest BCUT2D eigenvalue weighted by Crippen LogP contribution is 2.29. The van der Waals surface area contributed by atoms with Gasteiger partial charge in [0, 0.05) is 19.7 Å². The Labute approximate surface area is 179 Å². The first-order chi connectivity index (χ1) is 13.0. The molecule has 0 unspecified atom stereocenters. The minimum absolute atomic E-state index is 0. The zero-order valence-corrected chi connectivity index (χ0v) is 17.9. The van der Waals surface area contributed by atoms with Gasteiger partial charge in [0.05, 0.1) is 18.4 Å².